The van der Waals surface area contributed by atoms with Crippen molar-refractivity contribution in [1.82, 2.24) is 34.5 Å². The second kappa shape index (κ2) is 21.8. The van der Waals surface area contributed by atoms with Gasteiger partial charge in [-0.3, -0.25) is 24.6 Å². The molecule has 2 amide bonds. The third-order valence-electron chi connectivity index (χ3n) is 16.4. The van der Waals surface area contributed by atoms with Crippen LogP contribution in [0.3, 0.4) is 0 Å². The summed E-state index contributed by atoms with van der Waals surface area (Å²) in [5.74, 6) is -1.26. The first-order chi connectivity index (χ1) is 37.3. The smallest absolute Gasteiger partial charge is 0.312 e. The lowest BCUT2D eigenvalue weighted by Crippen LogP contribution is -2.60. The molecule has 1 spiro atoms. The Balaban J connectivity index is 0.862. The number of piperidine rings is 1. The average molecular weight is 1090 g/mol. The molecular weight excluding hydrogens is 1020 g/mol. The van der Waals surface area contributed by atoms with Gasteiger partial charge < -0.3 is 39.4 Å². The summed E-state index contributed by atoms with van der Waals surface area (Å²) >= 11 is 0. The number of aromatic amines is 1. The van der Waals surface area contributed by atoms with Crippen molar-refractivity contribution in [2.75, 3.05) is 63.7 Å². The van der Waals surface area contributed by atoms with Gasteiger partial charge in [0.2, 0.25) is 11.7 Å². The molecule has 4 aromatic heterocycles. The molecule has 10 rings (SSSR count). The van der Waals surface area contributed by atoms with Crippen molar-refractivity contribution >= 4 is 50.1 Å². The molecule has 0 radical (unpaired) electrons. The van der Waals surface area contributed by atoms with Gasteiger partial charge in [0, 0.05) is 93.2 Å². The van der Waals surface area contributed by atoms with Crippen molar-refractivity contribution in [3.05, 3.63) is 124 Å². The van der Waals surface area contributed by atoms with Crippen LogP contribution in [-0.4, -0.2) is 125 Å². The van der Waals surface area contributed by atoms with E-state index in [0.29, 0.717) is 81.6 Å². The van der Waals surface area contributed by atoms with Crippen molar-refractivity contribution in [2.24, 2.45) is 11.3 Å². The number of methoxy groups -OCH3 is 2. The van der Waals surface area contributed by atoms with Crippen LogP contribution in [0.15, 0.2) is 90.2 Å². The Morgan fingerprint density at radius 2 is 1.72 bits per heavy atom. The molecule has 22 heteroatoms. The summed E-state index contributed by atoms with van der Waals surface area (Å²) in [6, 6.07) is 19.3. The summed E-state index contributed by atoms with van der Waals surface area (Å²) in [6.45, 7) is 9.71. The SMILES string of the molecule is COc1cc(C(=O)N2CCN(C3CC4(CCN(c5ccc(C(=O)NS(=O)(=O)c6cnc(NCC7CCC(C)(O)CC7)c([N+](=O)[O-])c6)c(Oc6cc7c(F)c[nH]c7nc6OC)c5)CC4)C3)[C@H](c3ccccc3C(C)C)C2)ccn1. The number of halogens is 1. The predicted octanol–water partition coefficient (Wildman–Crippen LogP) is 8.75. The summed E-state index contributed by atoms with van der Waals surface area (Å²) in [4.78, 5) is 61.2. The molecule has 2 aliphatic heterocycles. The van der Waals surface area contributed by atoms with Gasteiger partial charge in [0.15, 0.2) is 5.75 Å². The highest BCUT2D eigenvalue weighted by Crippen LogP contribution is 2.53. The number of amides is 2. The lowest BCUT2D eigenvalue weighted by Gasteiger charge is -2.58. The van der Waals surface area contributed by atoms with Gasteiger partial charge in [0.05, 0.1) is 47.9 Å². The summed E-state index contributed by atoms with van der Waals surface area (Å²) < 4.78 is 61.9. The molecule has 4 N–H and O–H groups in total. The molecule has 6 aromatic rings. The van der Waals surface area contributed by atoms with Crippen molar-refractivity contribution in [3.63, 3.8) is 0 Å². The summed E-state index contributed by atoms with van der Waals surface area (Å²) in [6.07, 6.45) is 10.00. The number of sulfonamides is 1. The number of piperazine rings is 1. The average Bonchev–Trinajstić information content (AvgIpc) is 3.96. The van der Waals surface area contributed by atoms with Gasteiger partial charge in [0.1, 0.15) is 22.1 Å². The van der Waals surface area contributed by atoms with Gasteiger partial charge in [0.25, 0.3) is 27.7 Å². The summed E-state index contributed by atoms with van der Waals surface area (Å²) in [7, 11) is -1.87. The van der Waals surface area contributed by atoms with Crippen LogP contribution in [-0.2, 0) is 10.0 Å². The van der Waals surface area contributed by atoms with E-state index in [1.165, 1.54) is 37.5 Å². The molecule has 78 heavy (non-hydrogen) atoms. The monoisotopic (exact) mass is 1090 g/mol. The van der Waals surface area contributed by atoms with Gasteiger partial charge in [-0.1, -0.05) is 38.1 Å². The van der Waals surface area contributed by atoms with E-state index in [0.717, 1.165) is 50.7 Å². The number of nitro groups is 1. The van der Waals surface area contributed by atoms with Crippen LogP contribution in [0.5, 0.6) is 23.3 Å². The number of aliphatic hydroxyl groups is 1. The van der Waals surface area contributed by atoms with E-state index in [1.54, 1.807) is 37.4 Å². The normalized spacial score (nSPS) is 20.8. The highest BCUT2D eigenvalue weighted by atomic mass is 32.2. The molecule has 4 aliphatic rings. The van der Waals surface area contributed by atoms with Crippen LogP contribution >= 0.6 is 0 Å². The number of benzene rings is 2. The van der Waals surface area contributed by atoms with E-state index in [9.17, 15) is 37.6 Å². The molecular formula is C56H65FN10O10S. The number of H-pyrrole nitrogens is 1. The van der Waals surface area contributed by atoms with Gasteiger partial charge in [-0.2, -0.15) is 4.98 Å². The molecule has 2 saturated heterocycles. The van der Waals surface area contributed by atoms with E-state index in [-0.39, 0.29) is 69.0 Å². The van der Waals surface area contributed by atoms with Crippen LogP contribution in [0.1, 0.15) is 116 Å². The molecule has 2 aliphatic carbocycles. The zero-order chi connectivity index (χ0) is 55.1. The van der Waals surface area contributed by atoms with E-state index >= 15 is 0 Å². The van der Waals surface area contributed by atoms with Crippen LogP contribution < -0.4 is 29.1 Å². The maximum absolute atomic E-state index is 14.9. The van der Waals surface area contributed by atoms with Gasteiger partial charge in [-0.15, -0.1) is 0 Å². The largest absolute Gasteiger partial charge is 0.481 e. The molecule has 4 fully saturated rings. The number of carbonyl (C=O) groups is 2. The Bertz CT molecular complexity index is 3350. The Hall–Kier alpha value is -7.43. The molecule has 0 unspecified atom stereocenters. The van der Waals surface area contributed by atoms with Crippen LogP contribution in [0.4, 0.5) is 21.6 Å². The fraction of sp³-hybridized carbons (Fsp3) is 0.446. The molecule has 412 valence electrons. The number of nitrogens with zero attached hydrogens (tertiary/aromatic N) is 7. The number of fused-ring (bicyclic) bond motifs is 1. The number of ether oxygens (including phenoxy) is 3. The van der Waals surface area contributed by atoms with Crippen molar-refractivity contribution in [3.8, 4) is 23.3 Å². The number of hydrogen-bond acceptors (Lipinski definition) is 16. The highest BCUT2D eigenvalue weighted by Gasteiger charge is 2.50. The lowest BCUT2D eigenvalue weighted by molar-refractivity contribution is -0.384. The number of nitrogens with one attached hydrogen (secondary N) is 3. The van der Waals surface area contributed by atoms with Crippen LogP contribution in [0.2, 0.25) is 0 Å². The maximum atomic E-state index is 14.9. The Morgan fingerprint density at radius 3 is 2.44 bits per heavy atom. The molecule has 6 heterocycles. The molecule has 2 saturated carbocycles. The number of rotatable bonds is 16. The number of carbonyl (C=O) groups excluding carboxylic acids is 2. The van der Waals surface area contributed by atoms with E-state index in [4.69, 9.17) is 14.2 Å². The Kier molecular flexibility index (Phi) is 15.1. The number of anilines is 2. The van der Waals surface area contributed by atoms with Gasteiger partial charge >= 0.3 is 5.69 Å². The minimum Gasteiger partial charge on any atom is -0.481 e. The minimum absolute atomic E-state index is 0.00416. The maximum Gasteiger partial charge on any atom is 0.312 e. The zero-order valence-electron chi connectivity index (χ0n) is 44.3. The topological polar surface area (TPSA) is 248 Å². The molecule has 0 bridgehead atoms. The second-order valence-electron chi connectivity index (χ2n) is 21.8. The van der Waals surface area contributed by atoms with E-state index < -0.39 is 42.9 Å². The standard InChI is InChI=1S/C56H65FN10O10S/c1-34(2)40-8-6-7-9-41(40)46-33-65(54(69)36-14-19-58-49(24-36)75-4)22-23-66(46)38-28-56(29-38)17-20-64(21-18-56)37-10-11-42(47(25-37)77-48-27-43-44(57)32-61-50(43)62-53(48)76-5)52(68)63-78(73,74)39-26-45(67(71)72)51(60-31-39)59-30-35-12-15-55(3,70)16-13-35/h6-11,14,19,24-27,31-32,34-35,38,46,70H,12-13,15-18,20-23,28-30,33H2,1-5H3,(H,59,60)(H,61,62)(H,63,68)/t35?,46-,55?/m0/s1. The molecule has 2 aromatic carbocycles. The minimum atomic E-state index is -4.76. The van der Waals surface area contributed by atoms with Gasteiger partial charge in [-0.25, -0.2) is 27.5 Å². The first-order valence-corrected chi connectivity index (χ1v) is 27.9. The van der Waals surface area contributed by atoms with Crippen LogP contribution in [0, 0.1) is 27.3 Å². The summed E-state index contributed by atoms with van der Waals surface area (Å²) in [5, 5.41) is 25.6. The third kappa shape index (κ3) is 11.1. The first kappa shape index (κ1) is 53.9. The highest BCUT2D eigenvalue weighted by molar-refractivity contribution is 7.90. The number of aromatic nitrogens is 4. The summed E-state index contributed by atoms with van der Waals surface area (Å²) in [5.41, 5.74) is 2.44. The lowest BCUT2D eigenvalue weighted by atomic mass is 9.59. The number of hydrogen-bond donors (Lipinski definition) is 4. The predicted molar refractivity (Wildman–Crippen MR) is 289 cm³/mol. The quantitative estimate of drug-likeness (QED) is 0.0522. The van der Waals surface area contributed by atoms with E-state index in [2.05, 4.69) is 73.2 Å². The fourth-order valence-electron chi connectivity index (χ4n) is 11.8. The van der Waals surface area contributed by atoms with Crippen molar-refractivity contribution < 1.29 is 46.6 Å². The number of pyridine rings is 3. The zero-order valence-corrected chi connectivity index (χ0v) is 45.1. The Morgan fingerprint density at radius 1 is 0.962 bits per heavy atom. The van der Waals surface area contributed by atoms with Crippen molar-refractivity contribution in [2.45, 2.75) is 101 Å². The van der Waals surface area contributed by atoms with Gasteiger partial charge in [-0.05, 0) is 105 Å². The fourth-order valence-corrected chi connectivity index (χ4v) is 12.8. The molecule has 20 nitrogen and oxygen atoms in total. The van der Waals surface area contributed by atoms with Crippen molar-refractivity contribution in [1.29, 1.82) is 0 Å². The Labute approximate surface area is 451 Å². The second-order valence-corrected chi connectivity index (χ2v) is 23.5. The van der Waals surface area contributed by atoms with E-state index in [1.807, 2.05) is 9.62 Å². The first-order valence-electron chi connectivity index (χ1n) is 26.4. The molecule has 1 atom stereocenters. The third-order valence-corrected chi connectivity index (χ3v) is 17.7. The van der Waals surface area contributed by atoms with Crippen LogP contribution in [0.25, 0.3) is 11.0 Å².